The summed E-state index contributed by atoms with van der Waals surface area (Å²) in [6, 6.07) is 12.0. The van der Waals surface area contributed by atoms with Crippen LogP contribution in [0.2, 0.25) is 0 Å². The minimum Gasteiger partial charge on any atom is -0.403 e. The Balaban J connectivity index is 1.28. The highest BCUT2D eigenvalue weighted by molar-refractivity contribution is 7.21. The first kappa shape index (κ1) is 17.9. The summed E-state index contributed by atoms with van der Waals surface area (Å²) in [6.45, 7) is 3.98. The van der Waals surface area contributed by atoms with Crippen LogP contribution in [-0.4, -0.2) is 34.1 Å². The molecule has 1 aliphatic heterocycles. The molecule has 0 radical (unpaired) electrons. The Labute approximate surface area is 182 Å². The fraction of sp³-hybridized carbons (Fsp3) is 0.375. The van der Waals surface area contributed by atoms with E-state index < -0.39 is 0 Å². The molecule has 0 unspecified atom stereocenters. The van der Waals surface area contributed by atoms with Gasteiger partial charge in [-0.15, -0.1) is 11.3 Å². The summed E-state index contributed by atoms with van der Waals surface area (Å²) in [6.07, 6.45) is 4.94. The average molecular weight is 431 g/mol. The van der Waals surface area contributed by atoms with Crippen molar-refractivity contribution in [2.45, 2.75) is 43.7 Å². The van der Waals surface area contributed by atoms with E-state index >= 15 is 0 Å². The molecule has 6 nitrogen and oxygen atoms in total. The number of rotatable bonds is 2. The SMILES string of the molecule is Cc1cccc2sc(-c3cc4ccc(N5CC6(CC6)NC6(CC6)C5)nc4oc3=O)nc12. The third-order valence-corrected chi connectivity index (χ3v) is 8.04. The third kappa shape index (κ3) is 2.83. The summed E-state index contributed by atoms with van der Waals surface area (Å²) < 4.78 is 6.77. The lowest BCUT2D eigenvalue weighted by Gasteiger charge is -2.40. The molecule has 0 bridgehead atoms. The first-order chi connectivity index (χ1) is 15.0. The normalized spacial score (nSPS) is 20.7. The maximum Gasteiger partial charge on any atom is 0.347 e. The number of hydrogen-bond acceptors (Lipinski definition) is 7. The molecule has 0 amide bonds. The quantitative estimate of drug-likeness (QED) is 0.513. The maximum atomic E-state index is 12.8. The predicted molar refractivity (Wildman–Crippen MR) is 123 cm³/mol. The topological polar surface area (TPSA) is 71.3 Å². The lowest BCUT2D eigenvalue weighted by molar-refractivity contribution is 0.339. The summed E-state index contributed by atoms with van der Waals surface area (Å²) in [7, 11) is 0. The summed E-state index contributed by atoms with van der Waals surface area (Å²) >= 11 is 1.52. The van der Waals surface area contributed by atoms with Gasteiger partial charge in [0.15, 0.2) is 0 Å². The van der Waals surface area contributed by atoms with Gasteiger partial charge in [0, 0.05) is 29.6 Å². The molecule has 2 spiro atoms. The zero-order valence-corrected chi connectivity index (χ0v) is 18.1. The van der Waals surface area contributed by atoms with Gasteiger partial charge in [-0.25, -0.2) is 9.78 Å². The molecule has 31 heavy (non-hydrogen) atoms. The number of thiazole rings is 1. The molecule has 156 valence electrons. The summed E-state index contributed by atoms with van der Waals surface area (Å²) in [5.41, 5.74) is 3.09. The van der Waals surface area contributed by atoms with Gasteiger partial charge in [-0.05, 0) is 62.4 Å². The molecule has 3 aliphatic rings. The first-order valence-electron chi connectivity index (χ1n) is 10.9. The number of fused-ring (bicyclic) bond motifs is 2. The van der Waals surface area contributed by atoms with Crippen molar-refractivity contribution in [3.8, 4) is 10.6 Å². The fourth-order valence-electron chi connectivity index (χ4n) is 4.97. The number of aryl methyl sites for hydroxylation is 1. The number of anilines is 1. The van der Waals surface area contributed by atoms with Gasteiger partial charge in [0.1, 0.15) is 10.8 Å². The van der Waals surface area contributed by atoms with Crippen LogP contribution in [0.25, 0.3) is 31.9 Å². The standard InChI is InChI=1S/C24H22N4O2S/c1-14-3-2-4-17-19(14)26-21(31-17)16-11-15-5-6-18(25-20(15)30-22(16)29)28-12-23(7-8-23)27-24(13-28)9-10-24/h2-6,11,27H,7-10,12-13H2,1H3. The van der Waals surface area contributed by atoms with Gasteiger partial charge in [-0.3, -0.25) is 0 Å². The van der Waals surface area contributed by atoms with Crippen LogP contribution in [-0.2, 0) is 0 Å². The van der Waals surface area contributed by atoms with Gasteiger partial charge in [0.05, 0.1) is 15.8 Å². The second kappa shape index (κ2) is 5.93. The molecule has 3 fully saturated rings. The van der Waals surface area contributed by atoms with Crippen LogP contribution < -0.4 is 15.8 Å². The summed E-state index contributed by atoms with van der Waals surface area (Å²) in [5.74, 6) is 0.901. The first-order valence-corrected chi connectivity index (χ1v) is 11.7. The largest absolute Gasteiger partial charge is 0.403 e. The van der Waals surface area contributed by atoms with Crippen LogP contribution in [0.4, 0.5) is 5.82 Å². The molecule has 4 aromatic rings. The molecular formula is C24H22N4O2S. The van der Waals surface area contributed by atoms with Crippen LogP contribution in [0.5, 0.6) is 0 Å². The number of benzene rings is 1. The van der Waals surface area contributed by atoms with Gasteiger partial charge in [-0.1, -0.05) is 12.1 Å². The second-order valence-electron chi connectivity index (χ2n) is 9.49. The Morgan fingerprint density at radius 1 is 1.06 bits per heavy atom. The zero-order valence-electron chi connectivity index (χ0n) is 17.3. The average Bonchev–Trinajstić information content (AvgIpc) is 3.63. The Bertz CT molecular complexity index is 1410. The molecule has 1 N–H and O–H groups in total. The van der Waals surface area contributed by atoms with Crippen molar-refractivity contribution in [1.82, 2.24) is 15.3 Å². The van der Waals surface area contributed by atoms with Crippen molar-refractivity contribution in [2.24, 2.45) is 0 Å². The van der Waals surface area contributed by atoms with Gasteiger partial charge in [0.2, 0.25) is 5.71 Å². The second-order valence-corrected chi connectivity index (χ2v) is 10.5. The molecule has 2 aliphatic carbocycles. The van der Waals surface area contributed by atoms with E-state index in [9.17, 15) is 4.79 Å². The minimum absolute atomic E-state index is 0.265. The highest BCUT2D eigenvalue weighted by atomic mass is 32.1. The third-order valence-electron chi connectivity index (χ3n) is 6.98. The van der Waals surface area contributed by atoms with E-state index in [2.05, 4.69) is 16.3 Å². The van der Waals surface area contributed by atoms with Crippen LogP contribution in [0.15, 0.2) is 45.6 Å². The Morgan fingerprint density at radius 3 is 2.55 bits per heavy atom. The lowest BCUT2D eigenvalue weighted by Crippen LogP contribution is -2.60. The molecule has 4 heterocycles. The Kier molecular flexibility index (Phi) is 3.41. The smallest absolute Gasteiger partial charge is 0.347 e. The molecule has 1 aromatic carbocycles. The lowest BCUT2D eigenvalue weighted by atomic mass is 10.1. The Hall–Kier alpha value is -2.77. The van der Waals surface area contributed by atoms with Crippen molar-refractivity contribution in [3.05, 3.63) is 52.4 Å². The summed E-state index contributed by atoms with van der Waals surface area (Å²) in [5, 5.41) is 5.41. The number of para-hydroxylation sites is 1. The van der Waals surface area contributed by atoms with Crippen molar-refractivity contribution in [2.75, 3.05) is 18.0 Å². The number of hydrogen-bond donors (Lipinski definition) is 1. The number of pyridine rings is 1. The number of piperazine rings is 1. The number of aromatic nitrogens is 2. The van der Waals surface area contributed by atoms with Crippen molar-refractivity contribution >= 4 is 38.5 Å². The highest BCUT2D eigenvalue weighted by Crippen LogP contribution is 2.49. The monoisotopic (exact) mass is 430 g/mol. The molecule has 7 rings (SSSR count). The number of nitrogens with zero attached hydrogens (tertiary/aromatic N) is 3. The Morgan fingerprint density at radius 2 is 1.84 bits per heavy atom. The maximum absolute atomic E-state index is 12.8. The molecule has 2 saturated carbocycles. The number of nitrogens with one attached hydrogen (secondary N) is 1. The molecule has 7 heteroatoms. The predicted octanol–water partition coefficient (Wildman–Crippen LogP) is 4.25. The van der Waals surface area contributed by atoms with Crippen LogP contribution in [0.3, 0.4) is 0 Å². The van der Waals surface area contributed by atoms with Gasteiger partial charge in [-0.2, -0.15) is 4.98 Å². The van der Waals surface area contributed by atoms with E-state index in [1.165, 1.54) is 37.0 Å². The van der Waals surface area contributed by atoms with Crippen molar-refractivity contribution in [1.29, 1.82) is 0 Å². The highest BCUT2D eigenvalue weighted by Gasteiger charge is 2.58. The summed E-state index contributed by atoms with van der Waals surface area (Å²) in [4.78, 5) is 24.7. The van der Waals surface area contributed by atoms with Crippen molar-refractivity contribution < 1.29 is 4.42 Å². The van der Waals surface area contributed by atoms with Crippen molar-refractivity contribution in [3.63, 3.8) is 0 Å². The fourth-order valence-corrected chi connectivity index (χ4v) is 6.02. The molecule has 3 aromatic heterocycles. The van der Waals surface area contributed by atoms with Crippen LogP contribution in [0.1, 0.15) is 31.2 Å². The van der Waals surface area contributed by atoms with E-state index in [0.717, 1.165) is 40.1 Å². The van der Waals surface area contributed by atoms with E-state index in [4.69, 9.17) is 14.4 Å². The van der Waals surface area contributed by atoms with Gasteiger partial charge < -0.3 is 14.6 Å². The van der Waals surface area contributed by atoms with Crippen LogP contribution in [0, 0.1) is 6.92 Å². The van der Waals surface area contributed by atoms with E-state index in [0.29, 0.717) is 16.3 Å². The van der Waals surface area contributed by atoms with E-state index in [-0.39, 0.29) is 16.7 Å². The molecule has 1 saturated heterocycles. The van der Waals surface area contributed by atoms with E-state index in [1.54, 1.807) is 0 Å². The van der Waals surface area contributed by atoms with E-state index in [1.807, 2.05) is 37.3 Å². The van der Waals surface area contributed by atoms with Gasteiger partial charge >= 0.3 is 5.63 Å². The zero-order chi connectivity index (χ0) is 20.8. The molecule has 0 atom stereocenters. The van der Waals surface area contributed by atoms with Gasteiger partial charge in [0.25, 0.3) is 0 Å². The minimum atomic E-state index is -0.383. The van der Waals surface area contributed by atoms with Crippen LogP contribution >= 0.6 is 11.3 Å². The molecular weight excluding hydrogens is 408 g/mol.